The van der Waals surface area contributed by atoms with Crippen molar-refractivity contribution in [2.75, 3.05) is 7.11 Å². The van der Waals surface area contributed by atoms with Gasteiger partial charge in [-0.15, -0.1) is 0 Å². The minimum Gasteiger partial charge on any atom is -0.493 e. The first kappa shape index (κ1) is 27.5. The number of nitrogens with zero attached hydrogens (tertiary/aromatic N) is 1. The second-order valence-electron chi connectivity index (χ2n) is 8.55. The monoisotopic (exact) mass is 635 g/mol. The van der Waals surface area contributed by atoms with Crippen molar-refractivity contribution in [1.29, 1.82) is 0 Å². The summed E-state index contributed by atoms with van der Waals surface area (Å²) in [5.41, 5.74) is 6.01. The molecule has 0 saturated carbocycles. The van der Waals surface area contributed by atoms with Gasteiger partial charge in [-0.2, -0.15) is 5.10 Å². The van der Waals surface area contributed by atoms with Crippen LogP contribution in [-0.2, 0) is 0 Å². The van der Waals surface area contributed by atoms with Gasteiger partial charge >= 0.3 is 5.97 Å². The number of rotatable bonds is 7. The fourth-order valence-electron chi connectivity index (χ4n) is 4.09. The van der Waals surface area contributed by atoms with Crippen molar-refractivity contribution in [2.45, 2.75) is 0 Å². The molecular weight excluding hydrogens is 617 g/mol. The summed E-state index contributed by atoms with van der Waals surface area (Å²) in [6.07, 6.45) is 1.46. The van der Waals surface area contributed by atoms with E-state index in [1.54, 1.807) is 48.5 Å². The molecule has 10 heteroatoms. The molecule has 0 fully saturated rings. The predicted molar refractivity (Wildman–Crippen MR) is 161 cm³/mol. The summed E-state index contributed by atoms with van der Waals surface area (Å²) in [5, 5.41) is 5.99. The lowest BCUT2D eigenvalue weighted by Crippen LogP contribution is -2.19. The lowest BCUT2D eigenvalue weighted by Gasteiger charge is -2.10. The number of aromatic nitrogens is 1. The van der Waals surface area contributed by atoms with Crippen LogP contribution in [0.5, 0.6) is 11.5 Å². The molecule has 2 N–H and O–H groups in total. The van der Waals surface area contributed by atoms with E-state index in [-0.39, 0.29) is 5.75 Å². The third-order valence-electron chi connectivity index (χ3n) is 5.98. The summed E-state index contributed by atoms with van der Waals surface area (Å²) in [6.45, 7) is 0. The van der Waals surface area contributed by atoms with Gasteiger partial charge in [0.15, 0.2) is 11.5 Å². The standard InChI is InChI=1S/C30H20BrCl2N3O4/c1-39-26-14-17(6-13-25(26)40-30(38)18-7-10-20(32)11-8-18)16-34-36-29(37)28-27(21-4-2-3-5-23(21)33)22-15-19(31)9-12-24(22)35-28/h2-16,35H,1H3,(H,36,37). The smallest absolute Gasteiger partial charge is 0.343 e. The number of hydrogen-bond acceptors (Lipinski definition) is 5. The topological polar surface area (TPSA) is 92.8 Å². The molecule has 5 rings (SSSR count). The molecule has 0 spiro atoms. The lowest BCUT2D eigenvalue weighted by molar-refractivity contribution is 0.0729. The Hall–Kier alpha value is -4.11. The molecule has 200 valence electrons. The predicted octanol–water partition coefficient (Wildman–Crippen LogP) is 7.90. The minimum absolute atomic E-state index is 0.234. The molecular formula is C30H20BrCl2N3O4. The van der Waals surface area contributed by atoms with E-state index in [4.69, 9.17) is 32.7 Å². The van der Waals surface area contributed by atoms with Crippen LogP contribution < -0.4 is 14.9 Å². The van der Waals surface area contributed by atoms with Gasteiger partial charge in [-0.3, -0.25) is 4.79 Å². The number of amides is 1. The van der Waals surface area contributed by atoms with Crippen molar-refractivity contribution in [1.82, 2.24) is 10.4 Å². The molecule has 0 aliphatic rings. The quantitative estimate of drug-likeness (QED) is 0.0822. The molecule has 0 saturated heterocycles. The van der Waals surface area contributed by atoms with Crippen LogP contribution in [-0.4, -0.2) is 30.2 Å². The number of carbonyl (C=O) groups is 2. The number of H-pyrrole nitrogens is 1. The van der Waals surface area contributed by atoms with Gasteiger partial charge in [0.1, 0.15) is 5.69 Å². The number of esters is 1. The number of nitrogens with one attached hydrogen (secondary N) is 2. The normalized spacial score (nSPS) is 11.1. The zero-order valence-corrected chi connectivity index (χ0v) is 24.0. The average Bonchev–Trinajstić information content (AvgIpc) is 3.32. The molecule has 1 heterocycles. The van der Waals surface area contributed by atoms with E-state index >= 15 is 0 Å². The average molecular weight is 637 g/mol. The van der Waals surface area contributed by atoms with Crippen LogP contribution in [0.4, 0.5) is 0 Å². The SMILES string of the molecule is COc1cc(C=NNC(=O)c2[nH]c3ccc(Br)cc3c2-c2ccccc2Cl)ccc1OC(=O)c1ccc(Cl)cc1. The third kappa shape index (κ3) is 5.89. The maximum atomic E-state index is 13.2. The number of hydrazone groups is 1. The number of ether oxygens (including phenoxy) is 2. The van der Waals surface area contributed by atoms with Crippen LogP contribution in [0.25, 0.3) is 22.0 Å². The van der Waals surface area contributed by atoms with Gasteiger partial charge < -0.3 is 14.5 Å². The van der Waals surface area contributed by atoms with E-state index in [2.05, 4.69) is 31.4 Å². The van der Waals surface area contributed by atoms with E-state index in [9.17, 15) is 9.59 Å². The summed E-state index contributed by atoms with van der Waals surface area (Å²) in [5.74, 6) is -0.445. The van der Waals surface area contributed by atoms with Gasteiger partial charge in [0.25, 0.3) is 5.91 Å². The van der Waals surface area contributed by atoms with Crippen molar-refractivity contribution in [3.8, 4) is 22.6 Å². The number of carbonyl (C=O) groups excluding carboxylic acids is 2. The number of benzene rings is 4. The molecule has 0 atom stereocenters. The van der Waals surface area contributed by atoms with Gasteiger partial charge in [-0.25, -0.2) is 10.2 Å². The summed E-state index contributed by atoms with van der Waals surface area (Å²) in [6, 6.07) is 24.3. The van der Waals surface area contributed by atoms with Gasteiger partial charge in [0.2, 0.25) is 0 Å². The summed E-state index contributed by atoms with van der Waals surface area (Å²) >= 11 is 15.9. The second-order valence-corrected chi connectivity index (χ2v) is 10.3. The Labute approximate surface area is 247 Å². The van der Waals surface area contributed by atoms with Crippen molar-refractivity contribution in [3.63, 3.8) is 0 Å². The summed E-state index contributed by atoms with van der Waals surface area (Å²) in [7, 11) is 1.46. The van der Waals surface area contributed by atoms with Crippen molar-refractivity contribution < 1.29 is 19.1 Å². The Morgan fingerprint density at radius 3 is 2.48 bits per heavy atom. The molecule has 0 unspecified atom stereocenters. The lowest BCUT2D eigenvalue weighted by atomic mass is 10.0. The number of methoxy groups -OCH3 is 1. The Bertz CT molecular complexity index is 1770. The molecule has 4 aromatic carbocycles. The molecule has 0 radical (unpaired) electrons. The van der Waals surface area contributed by atoms with Crippen LogP contribution in [0.15, 0.2) is 94.5 Å². The van der Waals surface area contributed by atoms with Crippen molar-refractivity contribution in [2.24, 2.45) is 5.10 Å². The second kappa shape index (κ2) is 12.0. The Morgan fingerprint density at radius 1 is 0.950 bits per heavy atom. The van der Waals surface area contributed by atoms with Crippen LogP contribution >= 0.6 is 39.1 Å². The number of hydrogen-bond donors (Lipinski definition) is 2. The maximum absolute atomic E-state index is 13.2. The molecule has 7 nitrogen and oxygen atoms in total. The zero-order chi connectivity index (χ0) is 28.2. The summed E-state index contributed by atoms with van der Waals surface area (Å²) < 4.78 is 11.7. The van der Waals surface area contributed by atoms with Gasteiger partial charge in [0.05, 0.1) is 18.9 Å². The highest BCUT2D eigenvalue weighted by molar-refractivity contribution is 9.10. The van der Waals surface area contributed by atoms with E-state index in [1.165, 1.54) is 13.3 Å². The number of halogens is 3. The molecule has 5 aromatic rings. The number of fused-ring (bicyclic) bond motifs is 1. The van der Waals surface area contributed by atoms with Gasteiger partial charge in [0, 0.05) is 36.5 Å². The van der Waals surface area contributed by atoms with Gasteiger partial charge in [-0.1, -0.05) is 57.3 Å². The van der Waals surface area contributed by atoms with E-state index in [0.717, 1.165) is 20.9 Å². The fraction of sp³-hybridized carbons (Fsp3) is 0.0333. The fourth-order valence-corrected chi connectivity index (χ4v) is 4.81. The largest absolute Gasteiger partial charge is 0.493 e. The summed E-state index contributed by atoms with van der Waals surface area (Å²) in [4.78, 5) is 28.9. The first-order chi connectivity index (χ1) is 19.3. The zero-order valence-electron chi connectivity index (χ0n) is 20.9. The van der Waals surface area contributed by atoms with Crippen LogP contribution in [0.1, 0.15) is 26.4 Å². The molecule has 40 heavy (non-hydrogen) atoms. The van der Waals surface area contributed by atoms with E-state index in [1.807, 2.05) is 36.4 Å². The molecule has 1 aromatic heterocycles. The molecule has 0 bridgehead atoms. The van der Waals surface area contributed by atoms with Crippen molar-refractivity contribution >= 4 is 68.1 Å². The Morgan fingerprint density at radius 2 is 1.73 bits per heavy atom. The Balaban J connectivity index is 1.36. The van der Waals surface area contributed by atoms with E-state index < -0.39 is 11.9 Å². The number of aromatic amines is 1. The van der Waals surface area contributed by atoms with Gasteiger partial charge in [-0.05, 0) is 72.3 Å². The van der Waals surface area contributed by atoms with E-state index in [0.29, 0.717) is 38.2 Å². The molecule has 0 aliphatic heterocycles. The highest BCUT2D eigenvalue weighted by Gasteiger charge is 2.21. The highest BCUT2D eigenvalue weighted by Crippen LogP contribution is 2.37. The minimum atomic E-state index is -0.552. The first-order valence-electron chi connectivity index (χ1n) is 11.9. The first-order valence-corrected chi connectivity index (χ1v) is 13.4. The highest BCUT2D eigenvalue weighted by atomic mass is 79.9. The Kier molecular flexibility index (Phi) is 8.21. The van der Waals surface area contributed by atoms with Crippen molar-refractivity contribution in [3.05, 3.63) is 116 Å². The molecule has 0 aliphatic carbocycles. The molecule has 1 amide bonds. The van der Waals surface area contributed by atoms with Crippen LogP contribution in [0.2, 0.25) is 10.0 Å². The van der Waals surface area contributed by atoms with Crippen LogP contribution in [0.3, 0.4) is 0 Å². The maximum Gasteiger partial charge on any atom is 0.343 e. The van der Waals surface area contributed by atoms with Crippen LogP contribution in [0, 0.1) is 0 Å². The third-order valence-corrected chi connectivity index (χ3v) is 7.06.